The van der Waals surface area contributed by atoms with Crippen LogP contribution in [0.25, 0.3) is 0 Å². The lowest BCUT2D eigenvalue weighted by atomic mass is 9.89. The van der Waals surface area contributed by atoms with Gasteiger partial charge in [0.05, 0.1) is 11.6 Å². The average Bonchev–Trinajstić information content (AvgIpc) is 3.26. The Morgan fingerprint density at radius 2 is 2.14 bits per heavy atom. The van der Waals surface area contributed by atoms with Crippen molar-refractivity contribution in [3.63, 3.8) is 0 Å². The first kappa shape index (κ1) is 17.3. The van der Waals surface area contributed by atoms with Crippen molar-refractivity contribution in [1.82, 2.24) is 5.32 Å². The Kier molecular flexibility index (Phi) is 5.84. The van der Waals surface area contributed by atoms with E-state index in [1.807, 2.05) is 0 Å². The number of rotatable bonds is 6. The molecule has 0 bridgehead atoms. The highest BCUT2D eigenvalue weighted by atomic mass is 35.5. The molecule has 2 aliphatic carbocycles. The van der Waals surface area contributed by atoms with Crippen molar-refractivity contribution >= 4 is 18.3 Å². The second-order valence-electron chi connectivity index (χ2n) is 6.22. The number of aryl methyl sites for hydroxylation is 1. The van der Waals surface area contributed by atoms with Crippen LogP contribution in [0.3, 0.4) is 0 Å². The Bertz CT molecular complexity index is 517. The first-order chi connectivity index (χ1) is 10.2. The van der Waals surface area contributed by atoms with Crippen LogP contribution in [0.2, 0.25) is 0 Å². The smallest absolute Gasteiger partial charge is 0.240 e. The summed E-state index contributed by atoms with van der Waals surface area (Å²) in [6, 6.07) is 8.54. The Morgan fingerprint density at radius 1 is 1.36 bits per heavy atom. The molecule has 0 aromatic heterocycles. The van der Waals surface area contributed by atoms with E-state index in [4.69, 9.17) is 10.5 Å². The molecular formula is C17H25ClN2O2. The van der Waals surface area contributed by atoms with E-state index in [2.05, 4.69) is 29.6 Å². The van der Waals surface area contributed by atoms with Crippen LogP contribution < -0.4 is 11.1 Å². The van der Waals surface area contributed by atoms with Crippen LogP contribution in [0.5, 0.6) is 0 Å². The zero-order chi connectivity index (χ0) is 14.7. The minimum Gasteiger partial charge on any atom is -0.373 e. The van der Waals surface area contributed by atoms with Crippen molar-refractivity contribution in [2.45, 2.75) is 50.2 Å². The number of carbonyl (C=O) groups is 1. The first-order valence-electron chi connectivity index (χ1n) is 7.96. The molecule has 1 aromatic rings. The van der Waals surface area contributed by atoms with Gasteiger partial charge in [0.15, 0.2) is 0 Å². The highest BCUT2D eigenvalue weighted by Gasteiger charge is 2.45. The van der Waals surface area contributed by atoms with E-state index in [1.165, 1.54) is 17.5 Å². The Balaban J connectivity index is 0.00000176. The monoisotopic (exact) mass is 324 g/mol. The number of ether oxygens (including phenoxy) is 1. The molecule has 4 nitrogen and oxygen atoms in total. The molecule has 1 amide bonds. The fourth-order valence-electron chi connectivity index (χ4n) is 2.92. The molecule has 1 fully saturated rings. The maximum atomic E-state index is 11.7. The van der Waals surface area contributed by atoms with Gasteiger partial charge in [0, 0.05) is 13.2 Å². The van der Waals surface area contributed by atoms with Crippen molar-refractivity contribution < 1.29 is 9.53 Å². The standard InChI is InChI=1S/C17H24N2O2.ClH/c18-17(9-10-17)16(20)19-11-4-12-21-15-8-3-6-13-5-1-2-7-14(13)15;/h1-2,5,7,15H,3-4,6,8-12,18H2,(H,19,20);1H. The van der Waals surface area contributed by atoms with Gasteiger partial charge in [-0.1, -0.05) is 24.3 Å². The number of hydrogen-bond acceptors (Lipinski definition) is 3. The quantitative estimate of drug-likeness (QED) is 0.790. The molecule has 2 aliphatic rings. The van der Waals surface area contributed by atoms with E-state index in [0.717, 1.165) is 32.1 Å². The molecule has 3 rings (SSSR count). The lowest BCUT2D eigenvalue weighted by Crippen LogP contribution is -2.43. The van der Waals surface area contributed by atoms with Crippen molar-refractivity contribution in [1.29, 1.82) is 0 Å². The predicted molar refractivity (Wildman–Crippen MR) is 89.1 cm³/mol. The molecule has 0 aliphatic heterocycles. The Labute approximate surface area is 138 Å². The van der Waals surface area contributed by atoms with Gasteiger partial charge in [-0.05, 0) is 49.7 Å². The van der Waals surface area contributed by atoms with Crippen LogP contribution in [0.4, 0.5) is 0 Å². The number of benzene rings is 1. The van der Waals surface area contributed by atoms with E-state index < -0.39 is 5.54 Å². The summed E-state index contributed by atoms with van der Waals surface area (Å²) in [6.07, 6.45) is 6.12. The van der Waals surface area contributed by atoms with Crippen molar-refractivity contribution in [2.24, 2.45) is 5.73 Å². The molecule has 1 atom stereocenters. The summed E-state index contributed by atoms with van der Waals surface area (Å²) in [4.78, 5) is 11.7. The molecule has 0 heterocycles. The second kappa shape index (κ2) is 7.44. The lowest BCUT2D eigenvalue weighted by Gasteiger charge is -2.25. The Morgan fingerprint density at radius 3 is 2.91 bits per heavy atom. The van der Waals surface area contributed by atoms with Gasteiger partial charge < -0.3 is 15.8 Å². The molecule has 1 saturated carbocycles. The van der Waals surface area contributed by atoms with Gasteiger partial charge in [0.25, 0.3) is 0 Å². The average molecular weight is 325 g/mol. The molecule has 0 radical (unpaired) electrons. The predicted octanol–water partition coefficient (Wildman–Crippen LogP) is 2.50. The maximum Gasteiger partial charge on any atom is 0.240 e. The van der Waals surface area contributed by atoms with Gasteiger partial charge in [-0.15, -0.1) is 12.4 Å². The van der Waals surface area contributed by atoms with E-state index in [0.29, 0.717) is 13.2 Å². The number of hydrogen-bond donors (Lipinski definition) is 2. The number of amides is 1. The molecule has 5 heteroatoms. The van der Waals surface area contributed by atoms with E-state index in [-0.39, 0.29) is 24.4 Å². The zero-order valence-electron chi connectivity index (χ0n) is 12.8. The highest BCUT2D eigenvalue weighted by molar-refractivity contribution is 5.88. The maximum absolute atomic E-state index is 11.7. The summed E-state index contributed by atoms with van der Waals surface area (Å²) >= 11 is 0. The number of nitrogens with two attached hydrogens (primary N) is 1. The minimum absolute atomic E-state index is 0. The van der Waals surface area contributed by atoms with Gasteiger partial charge >= 0.3 is 0 Å². The summed E-state index contributed by atoms with van der Waals surface area (Å²) in [5.74, 6) is -0.00879. The molecule has 0 spiro atoms. The van der Waals surface area contributed by atoms with Crippen molar-refractivity contribution in [2.75, 3.05) is 13.2 Å². The third-order valence-corrected chi connectivity index (χ3v) is 4.48. The third kappa shape index (κ3) is 4.00. The third-order valence-electron chi connectivity index (χ3n) is 4.48. The van der Waals surface area contributed by atoms with Crippen LogP contribution in [0, 0.1) is 0 Å². The largest absolute Gasteiger partial charge is 0.373 e. The molecule has 3 N–H and O–H groups in total. The summed E-state index contributed by atoms with van der Waals surface area (Å²) < 4.78 is 6.01. The van der Waals surface area contributed by atoms with Crippen LogP contribution in [0.1, 0.15) is 49.3 Å². The van der Waals surface area contributed by atoms with Gasteiger partial charge in [0.2, 0.25) is 5.91 Å². The van der Waals surface area contributed by atoms with Crippen LogP contribution in [0.15, 0.2) is 24.3 Å². The van der Waals surface area contributed by atoms with E-state index >= 15 is 0 Å². The first-order valence-corrected chi connectivity index (χ1v) is 7.96. The second-order valence-corrected chi connectivity index (χ2v) is 6.22. The fraction of sp³-hybridized carbons (Fsp3) is 0.588. The van der Waals surface area contributed by atoms with E-state index in [1.54, 1.807) is 0 Å². The normalized spacial score (nSPS) is 21.4. The SMILES string of the molecule is Cl.NC1(C(=O)NCCCOC2CCCc3ccccc32)CC1. The molecule has 1 unspecified atom stereocenters. The number of halogens is 1. The molecular weight excluding hydrogens is 300 g/mol. The number of carbonyl (C=O) groups excluding carboxylic acids is 1. The zero-order valence-corrected chi connectivity index (χ0v) is 13.7. The molecule has 122 valence electrons. The molecule has 22 heavy (non-hydrogen) atoms. The number of fused-ring (bicyclic) bond motifs is 1. The highest BCUT2D eigenvalue weighted by Crippen LogP contribution is 2.33. The van der Waals surface area contributed by atoms with Crippen LogP contribution in [-0.2, 0) is 16.0 Å². The van der Waals surface area contributed by atoms with Gasteiger partial charge in [-0.2, -0.15) is 0 Å². The Hall–Kier alpha value is -1.10. The fourth-order valence-corrected chi connectivity index (χ4v) is 2.92. The minimum atomic E-state index is -0.566. The van der Waals surface area contributed by atoms with Crippen molar-refractivity contribution in [3.05, 3.63) is 35.4 Å². The van der Waals surface area contributed by atoms with Gasteiger partial charge in [-0.3, -0.25) is 4.79 Å². The number of nitrogens with one attached hydrogen (secondary N) is 1. The van der Waals surface area contributed by atoms with Gasteiger partial charge in [-0.25, -0.2) is 0 Å². The summed E-state index contributed by atoms with van der Waals surface area (Å²) in [7, 11) is 0. The van der Waals surface area contributed by atoms with E-state index in [9.17, 15) is 4.79 Å². The molecule has 0 saturated heterocycles. The van der Waals surface area contributed by atoms with Crippen molar-refractivity contribution in [3.8, 4) is 0 Å². The van der Waals surface area contributed by atoms with Crippen LogP contribution in [-0.4, -0.2) is 24.6 Å². The summed E-state index contributed by atoms with van der Waals surface area (Å²) in [6.45, 7) is 1.32. The summed E-state index contributed by atoms with van der Waals surface area (Å²) in [5.41, 5.74) is 8.02. The molecule has 1 aromatic carbocycles. The summed E-state index contributed by atoms with van der Waals surface area (Å²) in [5, 5.41) is 2.90. The van der Waals surface area contributed by atoms with Gasteiger partial charge in [0.1, 0.15) is 0 Å². The van der Waals surface area contributed by atoms with Crippen LogP contribution >= 0.6 is 12.4 Å². The lowest BCUT2D eigenvalue weighted by molar-refractivity contribution is -0.123. The topological polar surface area (TPSA) is 64.4 Å².